The summed E-state index contributed by atoms with van der Waals surface area (Å²) < 4.78 is 20.2. The van der Waals surface area contributed by atoms with E-state index in [1.54, 1.807) is 12.3 Å². The molecule has 0 radical (unpaired) electrons. The number of fused-ring (bicyclic) bond motifs is 2. The quantitative estimate of drug-likeness (QED) is 0.492. The molecule has 1 amide bonds. The molecule has 3 aromatic rings. The van der Waals surface area contributed by atoms with Crippen molar-refractivity contribution in [2.24, 2.45) is 0 Å². The number of halogens is 1. The average molecular weight is 487 g/mol. The number of amides is 1. The van der Waals surface area contributed by atoms with Crippen molar-refractivity contribution >= 4 is 28.3 Å². The average Bonchev–Trinajstić information content (AvgIpc) is 3.21. The predicted molar refractivity (Wildman–Crippen MR) is 135 cm³/mol. The maximum Gasteiger partial charge on any atom is 0.224 e. The van der Waals surface area contributed by atoms with Gasteiger partial charge in [-0.25, -0.2) is 4.39 Å². The minimum absolute atomic E-state index is 0.00895. The molecule has 2 aromatic carbocycles. The Balaban J connectivity index is 1.38. The second-order valence-corrected chi connectivity index (χ2v) is 9.75. The van der Waals surface area contributed by atoms with Crippen LogP contribution in [0.15, 0.2) is 48.7 Å². The summed E-state index contributed by atoms with van der Waals surface area (Å²) in [5, 5.41) is 10.00. The highest BCUT2D eigenvalue weighted by atomic mass is 19.1. The zero-order valence-corrected chi connectivity index (χ0v) is 20.3. The number of pyridine rings is 1. The number of carbonyl (C=O) groups excluding carboxylic acids is 2. The Bertz CT molecular complexity index is 1400. The van der Waals surface area contributed by atoms with E-state index in [9.17, 15) is 19.2 Å². The van der Waals surface area contributed by atoms with Crippen LogP contribution >= 0.6 is 0 Å². The van der Waals surface area contributed by atoms with E-state index in [2.05, 4.69) is 9.88 Å². The number of aromatic nitrogens is 1. The molecule has 2 aliphatic heterocycles. The molecule has 2 aliphatic rings. The third-order valence-electron chi connectivity index (χ3n) is 6.96. The van der Waals surface area contributed by atoms with Crippen LogP contribution in [-0.2, 0) is 4.79 Å². The molecule has 2 atom stereocenters. The fourth-order valence-corrected chi connectivity index (χ4v) is 5.03. The molecule has 1 unspecified atom stereocenters. The van der Waals surface area contributed by atoms with Gasteiger partial charge in [-0.15, -0.1) is 0 Å². The van der Waals surface area contributed by atoms with Gasteiger partial charge in [-0.05, 0) is 48.4 Å². The maximum absolute atomic E-state index is 14.4. The molecule has 36 heavy (non-hydrogen) atoms. The molecule has 3 heterocycles. The van der Waals surface area contributed by atoms with E-state index in [-0.39, 0.29) is 37.5 Å². The lowest BCUT2D eigenvalue weighted by Crippen LogP contribution is -2.36. The normalized spacial score (nSPS) is 21.1. The minimum atomic E-state index is -1.59. The van der Waals surface area contributed by atoms with Gasteiger partial charge in [0.15, 0.2) is 5.78 Å². The van der Waals surface area contributed by atoms with Crippen LogP contribution in [0.1, 0.15) is 36.5 Å². The number of carbonyl (C=O) groups is 2. The Kier molecular flexibility index (Phi) is 6.09. The Morgan fingerprint density at radius 3 is 2.78 bits per heavy atom. The van der Waals surface area contributed by atoms with Crippen molar-refractivity contribution in [2.45, 2.75) is 37.9 Å². The van der Waals surface area contributed by atoms with Crippen molar-refractivity contribution in [1.29, 1.82) is 5.26 Å². The van der Waals surface area contributed by atoms with Crippen LogP contribution in [0, 0.1) is 11.3 Å². The lowest BCUT2D eigenvalue weighted by atomic mass is 9.97. The summed E-state index contributed by atoms with van der Waals surface area (Å²) in [6.07, 6.45) is 1.47. The number of rotatable bonds is 5. The number of anilines is 1. The zero-order chi connectivity index (χ0) is 25.4. The van der Waals surface area contributed by atoms with Crippen molar-refractivity contribution in [3.05, 3.63) is 54.2 Å². The molecular formula is C28H27FN4O3. The van der Waals surface area contributed by atoms with Crippen LogP contribution in [0.2, 0.25) is 0 Å². The summed E-state index contributed by atoms with van der Waals surface area (Å²) in [5.74, 6) is 0.248. The van der Waals surface area contributed by atoms with Crippen molar-refractivity contribution in [3.63, 3.8) is 0 Å². The van der Waals surface area contributed by atoms with Gasteiger partial charge in [-0.3, -0.25) is 14.6 Å². The molecule has 0 N–H and O–H groups in total. The Hall–Kier alpha value is -3.99. The number of nitriles is 1. The predicted octanol–water partition coefficient (Wildman–Crippen LogP) is 4.55. The van der Waals surface area contributed by atoms with Gasteiger partial charge in [0.05, 0.1) is 30.4 Å². The largest absolute Gasteiger partial charge is 0.490 e. The Morgan fingerprint density at radius 2 is 1.97 bits per heavy atom. The number of likely N-dealkylation sites (N-methyl/N-ethyl adjacent to an activating group) is 1. The summed E-state index contributed by atoms with van der Waals surface area (Å²) >= 11 is 0. The molecule has 8 heteroatoms. The standard InChI is InChI=1S/C28H27FN4O3/c1-28(29)15-20(16-30)33(17-28)27(35)8-7-25(34)21-9-10-31-23-5-3-18(13-22(21)23)19-4-6-24-26(14-19)36-12-11-32(24)2/h3-6,9-10,13-14,20H,7-8,11-12,15,17H2,1-2H3/t20-,28?/m0/s1. The molecule has 1 fully saturated rings. The van der Waals surface area contributed by atoms with Gasteiger partial charge in [0.2, 0.25) is 5.91 Å². The first-order valence-electron chi connectivity index (χ1n) is 12.0. The molecule has 184 valence electrons. The smallest absolute Gasteiger partial charge is 0.224 e. The fourth-order valence-electron chi connectivity index (χ4n) is 5.03. The number of Topliss-reactive ketones (excluding diaryl/α,β-unsaturated/α-hetero) is 1. The summed E-state index contributed by atoms with van der Waals surface area (Å²) in [7, 11) is 2.03. The molecular weight excluding hydrogens is 459 g/mol. The fraction of sp³-hybridized carbons (Fsp3) is 0.357. The van der Waals surface area contributed by atoms with Crippen LogP contribution < -0.4 is 9.64 Å². The number of ether oxygens (including phenoxy) is 1. The highest BCUT2D eigenvalue weighted by molar-refractivity contribution is 6.08. The number of hydrogen-bond donors (Lipinski definition) is 0. The van der Waals surface area contributed by atoms with E-state index in [0.29, 0.717) is 23.1 Å². The number of benzene rings is 2. The summed E-state index contributed by atoms with van der Waals surface area (Å²) in [5.41, 5.74) is 2.51. The Labute approximate surface area is 209 Å². The third-order valence-corrected chi connectivity index (χ3v) is 6.96. The summed E-state index contributed by atoms with van der Waals surface area (Å²) in [4.78, 5) is 33.7. The molecule has 5 rings (SSSR count). The maximum atomic E-state index is 14.4. The molecule has 0 spiro atoms. The van der Waals surface area contributed by atoms with Crippen LogP contribution in [0.25, 0.3) is 22.0 Å². The van der Waals surface area contributed by atoms with Gasteiger partial charge in [-0.2, -0.15) is 5.26 Å². The van der Waals surface area contributed by atoms with Crippen LogP contribution in [-0.4, -0.2) is 60.0 Å². The topological polar surface area (TPSA) is 86.5 Å². The number of ketones is 1. The highest BCUT2D eigenvalue weighted by Crippen LogP contribution is 2.36. The number of alkyl halides is 1. The number of nitrogens with zero attached hydrogens (tertiary/aromatic N) is 4. The first-order chi connectivity index (χ1) is 17.3. The van der Waals surface area contributed by atoms with E-state index in [1.807, 2.05) is 49.5 Å². The SMILES string of the molecule is CN1CCOc2cc(-c3ccc4nccc(C(=O)CCC(=O)N5CC(C)(F)C[C@H]5C#N)c4c3)ccc21. The van der Waals surface area contributed by atoms with Gasteiger partial charge in [-0.1, -0.05) is 12.1 Å². The Morgan fingerprint density at radius 1 is 1.19 bits per heavy atom. The number of likely N-dealkylation sites (tertiary alicyclic amines) is 1. The van der Waals surface area contributed by atoms with Gasteiger partial charge < -0.3 is 14.5 Å². The molecule has 1 saturated heterocycles. The molecule has 1 aromatic heterocycles. The van der Waals surface area contributed by atoms with Gasteiger partial charge >= 0.3 is 0 Å². The monoisotopic (exact) mass is 486 g/mol. The van der Waals surface area contributed by atoms with Crippen LogP contribution in [0.4, 0.5) is 10.1 Å². The lowest BCUT2D eigenvalue weighted by Gasteiger charge is -2.28. The van der Waals surface area contributed by atoms with Crippen molar-refractivity contribution in [1.82, 2.24) is 9.88 Å². The van der Waals surface area contributed by atoms with Gasteiger partial charge in [0, 0.05) is 43.5 Å². The van der Waals surface area contributed by atoms with Crippen molar-refractivity contribution in [3.8, 4) is 22.9 Å². The number of hydrogen-bond acceptors (Lipinski definition) is 6. The zero-order valence-electron chi connectivity index (χ0n) is 20.3. The molecule has 0 bridgehead atoms. The lowest BCUT2D eigenvalue weighted by molar-refractivity contribution is -0.131. The summed E-state index contributed by atoms with van der Waals surface area (Å²) in [6.45, 7) is 2.73. The van der Waals surface area contributed by atoms with E-state index in [1.165, 1.54) is 11.8 Å². The van der Waals surface area contributed by atoms with Crippen LogP contribution in [0.3, 0.4) is 0 Å². The van der Waals surface area contributed by atoms with E-state index < -0.39 is 11.7 Å². The van der Waals surface area contributed by atoms with E-state index in [4.69, 9.17) is 4.74 Å². The van der Waals surface area contributed by atoms with Crippen LogP contribution in [0.5, 0.6) is 5.75 Å². The first kappa shape index (κ1) is 23.7. The molecule has 0 saturated carbocycles. The highest BCUT2D eigenvalue weighted by Gasteiger charge is 2.43. The second-order valence-electron chi connectivity index (χ2n) is 9.75. The van der Waals surface area contributed by atoms with E-state index in [0.717, 1.165) is 29.1 Å². The summed E-state index contributed by atoms with van der Waals surface area (Å²) in [6, 6.07) is 14.7. The minimum Gasteiger partial charge on any atom is -0.490 e. The second kappa shape index (κ2) is 9.23. The van der Waals surface area contributed by atoms with Crippen molar-refractivity contribution < 1.29 is 18.7 Å². The van der Waals surface area contributed by atoms with Gasteiger partial charge in [0.25, 0.3) is 0 Å². The first-order valence-corrected chi connectivity index (χ1v) is 12.0. The van der Waals surface area contributed by atoms with Crippen molar-refractivity contribution in [2.75, 3.05) is 31.6 Å². The molecule has 7 nitrogen and oxygen atoms in total. The van der Waals surface area contributed by atoms with Gasteiger partial charge in [0.1, 0.15) is 24.1 Å². The van der Waals surface area contributed by atoms with E-state index >= 15 is 0 Å². The third kappa shape index (κ3) is 4.49. The molecule has 0 aliphatic carbocycles.